The van der Waals surface area contributed by atoms with Crippen molar-refractivity contribution in [3.05, 3.63) is 146 Å². The van der Waals surface area contributed by atoms with Gasteiger partial charge in [0.2, 0.25) is 0 Å². The van der Waals surface area contributed by atoms with Crippen LogP contribution in [0.1, 0.15) is 367 Å². The first-order valence-electron chi connectivity index (χ1n) is 44.1. The van der Waals surface area contributed by atoms with E-state index in [4.69, 9.17) is 32.3 Å². The van der Waals surface area contributed by atoms with E-state index in [1.54, 1.807) is 0 Å². The van der Waals surface area contributed by atoms with E-state index in [0.29, 0.717) is 19.3 Å². The summed E-state index contributed by atoms with van der Waals surface area (Å²) in [4.78, 5) is 58.9. The molecule has 0 aliphatic carbocycles. The number of allylic oxidation sites excluding steroid dienone is 24. The minimum absolute atomic E-state index is 0.0736. The molecule has 0 spiro atoms. The Hall–Kier alpha value is -4.57. The summed E-state index contributed by atoms with van der Waals surface area (Å²) in [7, 11) is -9.81. The van der Waals surface area contributed by atoms with Crippen LogP contribution in [0.3, 0.4) is 0 Å². The lowest BCUT2D eigenvalue weighted by Gasteiger charge is -2.21. The molecule has 16 nitrogen and oxygen atoms in total. The minimum atomic E-state index is -4.95. The highest BCUT2D eigenvalue weighted by Gasteiger charge is 2.29. The number of aliphatic hydroxyl groups is 2. The normalized spacial score (nSPS) is 14.5. The average Bonchev–Trinajstić information content (AvgIpc) is 0.877. The summed E-state index contributed by atoms with van der Waals surface area (Å²) in [6.45, 7) is 2.52. The molecule has 5 unspecified atom stereocenters. The van der Waals surface area contributed by atoms with Crippen LogP contribution in [0, 0.1) is 0 Å². The van der Waals surface area contributed by atoms with Crippen molar-refractivity contribution in [2.24, 2.45) is 0 Å². The van der Waals surface area contributed by atoms with E-state index in [0.717, 1.165) is 148 Å². The number of phosphoric ester groups is 2. The Morgan fingerprint density at radius 1 is 0.261 bits per heavy atom. The number of ether oxygens (including phenoxy) is 3. The van der Waals surface area contributed by atoms with Gasteiger partial charge in [-0.15, -0.1) is 0 Å². The van der Waals surface area contributed by atoms with E-state index < -0.39 is 91.5 Å². The van der Waals surface area contributed by atoms with Crippen LogP contribution in [0.4, 0.5) is 0 Å². The summed E-state index contributed by atoms with van der Waals surface area (Å²) >= 11 is 0. The molecule has 0 radical (unpaired) electrons. The minimum Gasteiger partial charge on any atom is -0.463 e. The summed E-state index contributed by atoms with van der Waals surface area (Å²) < 4.78 is 61.3. The first kappa shape index (κ1) is 106. The maximum Gasteiger partial charge on any atom is 0.472 e. The van der Waals surface area contributed by atoms with Gasteiger partial charge >= 0.3 is 33.6 Å². The lowest BCUT2D eigenvalue weighted by Crippen LogP contribution is -2.30. The Labute approximate surface area is 677 Å². The number of esters is 3. The third kappa shape index (κ3) is 86.1. The molecule has 0 heterocycles. The molecular weight excluding hydrogens is 1430 g/mol. The lowest BCUT2D eigenvalue weighted by atomic mass is 10.0. The van der Waals surface area contributed by atoms with Gasteiger partial charge in [-0.1, -0.05) is 346 Å². The molecule has 0 fully saturated rings. The van der Waals surface area contributed by atoms with Crippen molar-refractivity contribution in [1.29, 1.82) is 0 Å². The maximum atomic E-state index is 13.0. The van der Waals surface area contributed by atoms with Gasteiger partial charge in [-0.25, -0.2) is 9.13 Å². The number of carbonyl (C=O) groups excluding carboxylic acids is 3. The zero-order valence-corrected chi connectivity index (χ0v) is 71.9. The van der Waals surface area contributed by atoms with E-state index in [1.807, 2.05) is 0 Å². The standard InChI is InChI=1S/C93H160O16P2/c1-4-7-10-13-16-19-22-25-28-31-33-35-37-39-41-43-45-47-49-51-53-56-58-61-64-67-70-73-76-79-91(96)103-82-88(94)83-105-110(99,100)106-84-89(95)85-107-111(101,102)108-87-90(109-93(98)81-78-75-72-69-66-63-60-55-30-27-24-21-18-15-12-9-6-3)86-104-92(97)80-77-74-71-68-65-62-59-57-54-52-50-48-46-44-42-40-38-36-34-32-29-26-23-20-17-14-11-8-5-2/h9,12,16-21,25-30,33-36,39-42,60,63,88-90,94-95H,4-8,10-11,13-15,22-24,31-32,37-38,43-59,61-62,64-87H2,1-3H3,(H,99,100)(H,101,102)/b12-9-,19-16-,20-17-,21-18-,28-25-,29-26-,30-27-,35-33-,36-34-,41-39-,42-40-,63-60-. The summed E-state index contributed by atoms with van der Waals surface area (Å²) in [5.41, 5.74) is 0. The van der Waals surface area contributed by atoms with Gasteiger partial charge < -0.3 is 34.2 Å². The smallest absolute Gasteiger partial charge is 0.463 e. The van der Waals surface area contributed by atoms with Crippen molar-refractivity contribution >= 4 is 33.6 Å². The van der Waals surface area contributed by atoms with Crippen LogP contribution in [0.2, 0.25) is 0 Å². The molecule has 111 heavy (non-hydrogen) atoms. The van der Waals surface area contributed by atoms with Crippen molar-refractivity contribution in [3.8, 4) is 0 Å². The summed E-state index contributed by atoms with van der Waals surface area (Å²) in [5.74, 6) is -1.60. The molecule has 0 aromatic carbocycles. The second kappa shape index (κ2) is 84.8. The first-order chi connectivity index (χ1) is 54.2. The van der Waals surface area contributed by atoms with Crippen molar-refractivity contribution < 1.29 is 75.8 Å². The predicted molar refractivity (Wildman–Crippen MR) is 463 cm³/mol. The number of carbonyl (C=O) groups is 3. The summed E-state index contributed by atoms with van der Waals surface area (Å²) in [5, 5.41) is 20.7. The molecule has 0 saturated carbocycles. The quantitative estimate of drug-likeness (QED) is 0.0146. The first-order valence-corrected chi connectivity index (χ1v) is 47.1. The molecule has 0 bridgehead atoms. The van der Waals surface area contributed by atoms with Crippen molar-refractivity contribution in [1.82, 2.24) is 0 Å². The van der Waals surface area contributed by atoms with Gasteiger partial charge in [0.05, 0.1) is 26.4 Å². The molecule has 638 valence electrons. The van der Waals surface area contributed by atoms with Gasteiger partial charge in [0.15, 0.2) is 6.10 Å². The van der Waals surface area contributed by atoms with E-state index in [2.05, 4.69) is 167 Å². The molecule has 18 heteroatoms. The van der Waals surface area contributed by atoms with E-state index in [1.165, 1.54) is 161 Å². The fraction of sp³-hybridized carbons (Fsp3) is 0.710. The fourth-order valence-corrected chi connectivity index (χ4v) is 13.4. The second-order valence-electron chi connectivity index (χ2n) is 29.3. The molecule has 0 saturated heterocycles. The summed E-state index contributed by atoms with van der Waals surface area (Å²) in [6.07, 6.45) is 106. The molecular formula is C93H160O16P2. The van der Waals surface area contributed by atoms with Gasteiger partial charge in [0.1, 0.15) is 25.4 Å². The zero-order valence-electron chi connectivity index (χ0n) is 70.1. The van der Waals surface area contributed by atoms with E-state index >= 15 is 0 Å². The highest BCUT2D eigenvalue weighted by atomic mass is 31.2. The van der Waals surface area contributed by atoms with Crippen LogP contribution in [-0.2, 0) is 55.8 Å². The Morgan fingerprint density at radius 3 is 0.757 bits per heavy atom. The van der Waals surface area contributed by atoms with Crippen LogP contribution < -0.4 is 0 Å². The number of hydrogen-bond donors (Lipinski definition) is 4. The van der Waals surface area contributed by atoms with Gasteiger partial charge in [0, 0.05) is 19.3 Å². The van der Waals surface area contributed by atoms with E-state index in [-0.39, 0.29) is 19.3 Å². The van der Waals surface area contributed by atoms with Gasteiger partial charge in [-0.3, -0.25) is 32.5 Å². The third-order valence-electron chi connectivity index (χ3n) is 18.5. The highest BCUT2D eigenvalue weighted by Crippen LogP contribution is 2.45. The molecule has 0 aliphatic heterocycles. The monoisotopic (exact) mass is 1600 g/mol. The largest absolute Gasteiger partial charge is 0.472 e. The van der Waals surface area contributed by atoms with Crippen molar-refractivity contribution in [2.45, 2.75) is 386 Å². The van der Waals surface area contributed by atoms with Gasteiger partial charge in [0.25, 0.3) is 0 Å². The molecule has 0 aliphatic rings. The van der Waals surface area contributed by atoms with Crippen LogP contribution in [0.25, 0.3) is 0 Å². The number of aliphatic hydroxyl groups excluding tert-OH is 2. The third-order valence-corrected chi connectivity index (χ3v) is 20.4. The molecule has 4 N–H and O–H groups in total. The average molecular weight is 1600 g/mol. The number of hydrogen-bond acceptors (Lipinski definition) is 14. The molecule has 0 amide bonds. The lowest BCUT2D eigenvalue weighted by molar-refractivity contribution is -0.161. The molecule has 5 atom stereocenters. The van der Waals surface area contributed by atoms with Crippen LogP contribution in [0.15, 0.2) is 146 Å². The number of unbranched alkanes of at least 4 members (excludes halogenated alkanes) is 36. The van der Waals surface area contributed by atoms with Crippen molar-refractivity contribution in [2.75, 3.05) is 39.6 Å². The van der Waals surface area contributed by atoms with Crippen LogP contribution in [0.5, 0.6) is 0 Å². The molecule has 0 aromatic heterocycles. The second-order valence-corrected chi connectivity index (χ2v) is 32.2. The Balaban J connectivity index is 4.56. The Bertz CT molecular complexity index is 2600. The SMILES string of the molecule is CC/C=C\C/C=C\C/C=C\C/C=C\CCCCCCC(=O)OC(COC(=O)CCCCCCCCCCCCCCC/C=C\C/C=C\C/C=C\C/C=C\CCCCC)COP(=O)(O)OCC(O)COP(=O)(O)OCC(O)COC(=O)CCCCCCCCCCCCCCC/C=C\C/C=C\C/C=C\C/C=C\CCCCC. The molecule has 0 rings (SSSR count). The maximum absolute atomic E-state index is 13.0. The van der Waals surface area contributed by atoms with Crippen LogP contribution in [-0.4, -0.2) is 95.9 Å². The van der Waals surface area contributed by atoms with Crippen molar-refractivity contribution in [3.63, 3.8) is 0 Å². The van der Waals surface area contributed by atoms with Gasteiger partial charge in [-0.2, -0.15) is 0 Å². The topological polar surface area (TPSA) is 231 Å². The zero-order chi connectivity index (χ0) is 80.8. The Kier molecular flexibility index (Phi) is 81.3. The number of rotatable bonds is 83. The highest BCUT2D eigenvalue weighted by molar-refractivity contribution is 7.47. The Morgan fingerprint density at radius 2 is 0.477 bits per heavy atom. The van der Waals surface area contributed by atoms with Crippen LogP contribution >= 0.6 is 15.6 Å². The fourth-order valence-electron chi connectivity index (χ4n) is 11.8. The predicted octanol–water partition coefficient (Wildman–Crippen LogP) is 26.8. The van der Waals surface area contributed by atoms with Gasteiger partial charge in [-0.05, 0) is 148 Å². The van der Waals surface area contributed by atoms with E-state index in [9.17, 15) is 43.5 Å². The summed E-state index contributed by atoms with van der Waals surface area (Å²) in [6, 6.07) is 0. The number of phosphoric acid groups is 2. The molecule has 0 aromatic rings.